The van der Waals surface area contributed by atoms with Gasteiger partial charge in [0.05, 0.1) is 5.69 Å². The van der Waals surface area contributed by atoms with E-state index in [9.17, 15) is 9.18 Å². The third-order valence-corrected chi connectivity index (χ3v) is 5.81. The minimum atomic E-state index is -0.292. The number of carbonyl (C=O) groups is 1. The van der Waals surface area contributed by atoms with Crippen molar-refractivity contribution in [1.29, 1.82) is 0 Å². The molecule has 0 unspecified atom stereocenters. The van der Waals surface area contributed by atoms with Crippen LogP contribution in [0.2, 0.25) is 0 Å². The smallest absolute Gasteiger partial charge is 0.227 e. The molecule has 3 aromatic rings. The maximum absolute atomic E-state index is 13.4. The van der Waals surface area contributed by atoms with Gasteiger partial charge in [0.1, 0.15) is 5.82 Å². The van der Waals surface area contributed by atoms with Crippen molar-refractivity contribution in [1.82, 2.24) is 10.2 Å². The number of carbonyl (C=O) groups excluding carboxylic acids is 1. The van der Waals surface area contributed by atoms with Crippen LogP contribution in [0.3, 0.4) is 0 Å². The number of hydrogen-bond acceptors (Lipinski definition) is 4. The highest BCUT2D eigenvalue weighted by atomic mass is 19.1. The summed E-state index contributed by atoms with van der Waals surface area (Å²) in [5.41, 5.74) is 3.45. The van der Waals surface area contributed by atoms with Gasteiger partial charge in [0, 0.05) is 30.3 Å². The van der Waals surface area contributed by atoms with Gasteiger partial charge in [0.2, 0.25) is 5.91 Å². The van der Waals surface area contributed by atoms with E-state index < -0.39 is 0 Å². The molecule has 0 atom stereocenters. The fourth-order valence-electron chi connectivity index (χ4n) is 3.86. The Kier molecular flexibility index (Phi) is 6.26. The Morgan fingerprint density at radius 1 is 1.03 bits per heavy atom. The van der Waals surface area contributed by atoms with Gasteiger partial charge in [-0.05, 0) is 60.7 Å². The summed E-state index contributed by atoms with van der Waals surface area (Å²) in [5, 5.41) is 11.6. The van der Waals surface area contributed by atoms with Crippen molar-refractivity contribution >= 4 is 17.4 Å². The summed E-state index contributed by atoms with van der Waals surface area (Å²) in [6, 6.07) is 18.2. The predicted molar refractivity (Wildman–Crippen MR) is 122 cm³/mol. The molecule has 1 N–H and O–H groups in total. The highest BCUT2D eigenvalue weighted by molar-refractivity contribution is 5.92. The molecule has 0 spiro atoms. The molecule has 6 heteroatoms. The first kappa shape index (κ1) is 21.0. The number of halogens is 1. The van der Waals surface area contributed by atoms with Gasteiger partial charge in [-0.2, -0.15) is 0 Å². The number of rotatable bonds is 5. The van der Waals surface area contributed by atoms with Crippen molar-refractivity contribution in [2.75, 3.05) is 23.3 Å². The van der Waals surface area contributed by atoms with Gasteiger partial charge in [-0.1, -0.05) is 38.1 Å². The van der Waals surface area contributed by atoms with Gasteiger partial charge in [0.15, 0.2) is 5.82 Å². The SMILES string of the molecule is CC(C)c1ccc(NC(=O)C2CCN(c3ccc(-c4cccc(F)c4)nn3)CC2)cc1. The Morgan fingerprint density at radius 2 is 1.77 bits per heavy atom. The van der Waals surface area contributed by atoms with E-state index in [-0.39, 0.29) is 17.6 Å². The number of benzene rings is 2. The standard InChI is InChI=1S/C25H27FN4O/c1-17(2)18-6-8-22(9-7-18)27-25(31)19-12-14-30(15-13-19)24-11-10-23(28-29-24)20-4-3-5-21(26)16-20/h3-11,16-17,19H,12-15H2,1-2H3,(H,27,31). The van der Waals surface area contributed by atoms with E-state index >= 15 is 0 Å². The molecule has 2 heterocycles. The molecule has 1 amide bonds. The largest absolute Gasteiger partial charge is 0.355 e. The summed E-state index contributed by atoms with van der Waals surface area (Å²) >= 11 is 0. The number of amides is 1. The van der Waals surface area contributed by atoms with Gasteiger partial charge in [0.25, 0.3) is 0 Å². The Morgan fingerprint density at radius 3 is 2.39 bits per heavy atom. The molecule has 1 aliphatic rings. The summed E-state index contributed by atoms with van der Waals surface area (Å²) in [7, 11) is 0. The van der Waals surface area contributed by atoms with Gasteiger partial charge in [-0.3, -0.25) is 4.79 Å². The molecular weight excluding hydrogens is 391 g/mol. The Balaban J connectivity index is 1.32. The predicted octanol–water partition coefficient (Wildman–Crippen LogP) is 5.26. The zero-order valence-electron chi connectivity index (χ0n) is 17.9. The number of aromatic nitrogens is 2. The van der Waals surface area contributed by atoms with Crippen molar-refractivity contribution in [3.8, 4) is 11.3 Å². The van der Waals surface area contributed by atoms with E-state index in [0.29, 0.717) is 17.2 Å². The monoisotopic (exact) mass is 418 g/mol. The first-order valence-electron chi connectivity index (χ1n) is 10.7. The number of anilines is 2. The van der Waals surface area contributed by atoms with E-state index in [1.807, 2.05) is 30.3 Å². The van der Waals surface area contributed by atoms with Crippen LogP contribution in [0.1, 0.15) is 38.2 Å². The Bertz CT molecular complexity index is 1030. The van der Waals surface area contributed by atoms with Crippen molar-refractivity contribution in [2.24, 2.45) is 5.92 Å². The molecule has 4 rings (SSSR count). The molecular formula is C25H27FN4O. The minimum absolute atomic E-state index is 0.0134. The zero-order valence-corrected chi connectivity index (χ0v) is 17.9. The molecule has 1 aliphatic heterocycles. The van der Waals surface area contributed by atoms with Crippen LogP contribution in [0.25, 0.3) is 11.3 Å². The van der Waals surface area contributed by atoms with Crippen LogP contribution in [-0.2, 0) is 4.79 Å². The minimum Gasteiger partial charge on any atom is -0.355 e. The molecule has 31 heavy (non-hydrogen) atoms. The van der Waals surface area contributed by atoms with Crippen molar-refractivity contribution < 1.29 is 9.18 Å². The van der Waals surface area contributed by atoms with Crippen LogP contribution in [0.5, 0.6) is 0 Å². The molecule has 0 bridgehead atoms. The summed E-state index contributed by atoms with van der Waals surface area (Å²) in [5.74, 6) is 1.02. The van der Waals surface area contributed by atoms with E-state index in [2.05, 4.69) is 46.4 Å². The zero-order chi connectivity index (χ0) is 21.8. The van der Waals surface area contributed by atoms with Crippen LogP contribution in [0.4, 0.5) is 15.9 Å². The number of piperidine rings is 1. The van der Waals surface area contributed by atoms with Gasteiger partial charge >= 0.3 is 0 Å². The molecule has 0 radical (unpaired) electrons. The lowest BCUT2D eigenvalue weighted by atomic mass is 9.95. The lowest BCUT2D eigenvalue weighted by Gasteiger charge is -2.31. The van der Waals surface area contributed by atoms with Crippen LogP contribution in [0, 0.1) is 11.7 Å². The lowest BCUT2D eigenvalue weighted by molar-refractivity contribution is -0.120. The van der Waals surface area contributed by atoms with Crippen LogP contribution < -0.4 is 10.2 Å². The molecule has 1 saturated heterocycles. The third kappa shape index (κ3) is 5.08. The van der Waals surface area contributed by atoms with E-state index in [1.165, 1.54) is 17.7 Å². The number of nitrogens with zero attached hydrogens (tertiary/aromatic N) is 3. The summed E-state index contributed by atoms with van der Waals surface area (Å²) in [6.07, 6.45) is 1.53. The maximum Gasteiger partial charge on any atom is 0.227 e. The summed E-state index contributed by atoms with van der Waals surface area (Å²) in [4.78, 5) is 14.8. The number of hydrogen-bond donors (Lipinski definition) is 1. The summed E-state index contributed by atoms with van der Waals surface area (Å²) < 4.78 is 13.4. The lowest BCUT2D eigenvalue weighted by Crippen LogP contribution is -2.38. The molecule has 1 aromatic heterocycles. The second-order valence-corrected chi connectivity index (χ2v) is 8.31. The first-order valence-corrected chi connectivity index (χ1v) is 10.7. The van der Waals surface area contributed by atoms with Crippen molar-refractivity contribution in [3.63, 3.8) is 0 Å². The molecule has 160 valence electrons. The highest BCUT2D eigenvalue weighted by Gasteiger charge is 2.26. The van der Waals surface area contributed by atoms with Crippen molar-refractivity contribution in [3.05, 3.63) is 72.0 Å². The van der Waals surface area contributed by atoms with Crippen LogP contribution in [-0.4, -0.2) is 29.2 Å². The molecule has 1 fully saturated rings. The topological polar surface area (TPSA) is 58.1 Å². The van der Waals surface area contributed by atoms with E-state index in [4.69, 9.17) is 0 Å². The Hall–Kier alpha value is -3.28. The van der Waals surface area contributed by atoms with Gasteiger partial charge in [-0.25, -0.2) is 4.39 Å². The van der Waals surface area contributed by atoms with E-state index in [1.54, 1.807) is 6.07 Å². The van der Waals surface area contributed by atoms with Crippen LogP contribution in [0.15, 0.2) is 60.7 Å². The normalized spacial score (nSPS) is 14.6. The summed E-state index contributed by atoms with van der Waals surface area (Å²) in [6.45, 7) is 5.80. The fraction of sp³-hybridized carbons (Fsp3) is 0.320. The quantitative estimate of drug-likeness (QED) is 0.614. The number of nitrogens with one attached hydrogen (secondary N) is 1. The van der Waals surface area contributed by atoms with Gasteiger partial charge in [-0.15, -0.1) is 10.2 Å². The fourth-order valence-corrected chi connectivity index (χ4v) is 3.86. The van der Waals surface area contributed by atoms with Crippen molar-refractivity contribution in [2.45, 2.75) is 32.6 Å². The molecule has 0 saturated carbocycles. The average molecular weight is 419 g/mol. The second-order valence-electron chi connectivity index (χ2n) is 8.31. The third-order valence-electron chi connectivity index (χ3n) is 5.81. The molecule has 0 aliphatic carbocycles. The van der Waals surface area contributed by atoms with E-state index in [0.717, 1.165) is 37.4 Å². The molecule has 5 nitrogen and oxygen atoms in total. The Labute approximate surface area is 182 Å². The highest BCUT2D eigenvalue weighted by Crippen LogP contribution is 2.25. The van der Waals surface area contributed by atoms with Crippen LogP contribution >= 0.6 is 0 Å². The maximum atomic E-state index is 13.4. The second kappa shape index (κ2) is 9.25. The van der Waals surface area contributed by atoms with Gasteiger partial charge < -0.3 is 10.2 Å². The molecule has 2 aromatic carbocycles. The average Bonchev–Trinajstić information content (AvgIpc) is 2.80. The first-order chi connectivity index (χ1) is 15.0.